The summed E-state index contributed by atoms with van der Waals surface area (Å²) in [4.78, 5) is 23.0. The standard InChI is InChI=1S/C12H12O3/c1-7(2)10-8-5-3-4-6-9(8)11(13)15-12(10)14/h3-7,10H,1-2H3. The highest BCUT2D eigenvalue weighted by Gasteiger charge is 2.35. The number of hydrogen-bond donors (Lipinski definition) is 0. The number of benzene rings is 1. The predicted molar refractivity (Wildman–Crippen MR) is 54.4 cm³/mol. The number of hydrogen-bond acceptors (Lipinski definition) is 3. The second-order valence-electron chi connectivity index (χ2n) is 4.02. The highest BCUT2D eigenvalue weighted by molar-refractivity contribution is 6.04. The summed E-state index contributed by atoms with van der Waals surface area (Å²) in [6.45, 7) is 3.89. The summed E-state index contributed by atoms with van der Waals surface area (Å²) in [7, 11) is 0. The largest absolute Gasteiger partial charge is 0.389 e. The van der Waals surface area contributed by atoms with Crippen molar-refractivity contribution in [2.24, 2.45) is 5.92 Å². The average molecular weight is 204 g/mol. The highest BCUT2D eigenvalue weighted by Crippen LogP contribution is 2.32. The molecule has 1 aliphatic heterocycles. The smallest absolute Gasteiger partial charge is 0.346 e. The van der Waals surface area contributed by atoms with Crippen LogP contribution in [0.4, 0.5) is 0 Å². The van der Waals surface area contributed by atoms with Crippen molar-refractivity contribution in [3.05, 3.63) is 35.4 Å². The summed E-state index contributed by atoms with van der Waals surface area (Å²) in [5.41, 5.74) is 1.30. The zero-order chi connectivity index (χ0) is 11.0. The van der Waals surface area contributed by atoms with E-state index in [1.54, 1.807) is 12.1 Å². The van der Waals surface area contributed by atoms with Crippen molar-refractivity contribution < 1.29 is 14.3 Å². The molecule has 0 spiro atoms. The lowest BCUT2D eigenvalue weighted by Gasteiger charge is -2.25. The van der Waals surface area contributed by atoms with Gasteiger partial charge in [-0.1, -0.05) is 32.0 Å². The Morgan fingerprint density at radius 1 is 1.20 bits per heavy atom. The number of cyclic esters (lactones) is 2. The molecule has 0 bridgehead atoms. The molecule has 3 heteroatoms. The van der Waals surface area contributed by atoms with Gasteiger partial charge >= 0.3 is 11.9 Å². The number of fused-ring (bicyclic) bond motifs is 1. The summed E-state index contributed by atoms with van der Waals surface area (Å²) in [5, 5.41) is 0. The summed E-state index contributed by atoms with van der Waals surface area (Å²) < 4.78 is 4.71. The lowest BCUT2D eigenvalue weighted by Crippen LogP contribution is -2.30. The van der Waals surface area contributed by atoms with Crippen molar-refractivity contribution in [3.63, 3.8) is 0 Å². The fraction of sp³-hybridized carbons (Fsp3) is 0.333. The number of carbonyl (C=O) groups excluding carboxylic acids is 2. The molecule has 0 aromatic heterocycles. The highest BCUT2D eigenvalue weighted by atomic mass is 16.6. The second-order valence-corrected chi connectivity index (χ2v) is 4.02. The SMILES string of the molecule is CC(C)C1C(=O)OC(=O)c2ccccc21. The predicted octanol–water partition coefficient (Wildman–Crippen LogP) is 2.12. The van der Waals surface area contributed by atoms with Gasteiger partial charge in [0.25, 0.3) is 0 Å². The molecule has 1 atom stereocenters. The van der Waals surface area contributed by atoms with Crippen LogP contribution in [0.15, 0.2) is 24.3 Å². The molecule has 78 valence electrons. The molecule has 0 radical (unpaired) electrons. The molecule has 1 unspecified atom stereocenters. The topological polar surface area (TPSA) is 43.4 Å². The minimum absolute atomic E-state index is 0.131. The van der Waals surface area contributed by atoms with Crippen molar-refractivity contribution in [3.8, 4) is 0 Å². The minimum atomic E-state index is -0.535. The molecular weight excluding hydrogens is 192 g/mol. The monoisotopic (exact) mass is 204 g/mol. The van der Waals surface area contributed by atoms with Crippen LogP contribution in [0, 0.1) is 5.92 Å². The normalized spacial score (nSPS) is 20.1. The Balaban J connectivity index is 2.56. The quantitative estimate of drug-likeness (QED) is 0.520. The Labute approximate surface area is 88.1 Å². The van der Waals surface area contributed by atoms with Crippen molar-refractivity contribution in [1.29, 1.82) is 0 Å². The third-order valence-corrected chi connectivity index (χ3v) is 2.63. The van der Waals surface area contributed by atoms with Gasteiger partial charge in [0.1, 0.15) is 0 Å². The molecule has 0 saturated carbocycles. The molecule has 0 aliphatic carbocycles. The first-order valence-corrected chi connectivity index (χ1v) is 4.96. The van der Waals surface area contributed by atoms with Crippen molar-refractivity contribution >= 4 is 11.9 Å². The third-order valence-electron chi connectivity index (χ3n) is 2.63. The van der Waals surface area contributed by atoms with Gasteiger partial charge in [0.2, 0.25) is 0 Å². The van der Waals surface area contributed by atoms with E-state index in [1.165, 1.54) is 0 Å². The summed E-state index contributed by atoms with van der Waals surface area (Å²) >= 11 is 0. The summed E-state index contributed by atoms with van der Waals surface area (Å²) in [6.07, 6.45) is 0. The van der Waals surface area contributed by atoms with Crippen molar-refractivity contribution in [2.45, 2.75) is 19.8 Å². The summed E-state index contributed by atoms with van der Waals surface area (Å²) in [5.74, 6) is -1.16. The lowest BCUT2D eigenvalue weighted by atomic mass is 9.84. The minimum Gasteiger partial charge on any atom is -0.389 e. The number of ether oxygens (including phenoxy) is 1. The van der Waals surface area contributed by atoms with Crippen LogP contribution in [0.5, 0.6) is 0 Å². The van der Waals surface area contributed by atoms with Crippen LogP contribution in [0.1, 0.15) is 35.7 Å². The summed E-state index contributed by atoms with van der Waals surface area (Å²) in [6, 6.07) is 7.12. The fourth-order valence-electron chi connectivity index (χ4n) is 1.92. The van der Waals surface area contributed by atoms with Gasteiger partial charge < -0.3 is 4.74 Å². The van der Waals surface area contributed by atoms with Crippen LogP contribution in [0.25, 0.3) is 0 Å². The second kappa shape index (κ2) is 3.50. The Hall–Kier alpha value is -1.64. The molecule has 0 N–H and O–H groups in total. The van der Waals surface area contributed by atoms with Crippen LogP contribution in [0.2, 0.25) is 0 Å². The first kappa shape index (κ1) is 9.90. The Morgan fingerprint density at radius 3 is 2.53 bits per heavy atom. The van der Waals surface area contributed by atoms with Crippen molar-refractivity contribution in [1.82, 2.24) is 0 Å². The van der Waals surface area contributed by atoms with Crippen LogP contribution < -0.4 is 0 Å². The Kier molecular flexibility index (Phi) is 2.31. The van der Waals surface area contributed by atoms with E-state index in [9.17, 15) is 9.59 Å². The molecule has 15 heavy (non-hydrogen) atoms. The lowest BCUT2D eigenvalue weighted by molar-refractivity contribution is -0.141. The third kappa shape index (κ3) is 1.54. The molecular formula is C12H12O3. The van der Waals surface area contributed by atoms with Crippen molar-refractivity contribution in [2.75, 3.05) is 0 Å². The van der Waals surface area contributed by atoms with Gasteiger partial charge in [-0.2, -0.15) is 0 Å². The fourth-order valence-corrected chi connectivity index (χ4v) is 1.92. The van der Waals surface area contributed by atoms with E-state index in [4.69, 9.17) is 4.74 Å². The Morgan fingerprint density at radius 2 is 1.87 bits per heavy atom. The van der Waals surface area contributed by atoms with E-state index in [2.05, 4.69) is 0 Å². The molecule has 2 rings (SSSR count). The van der Waals surface area contributed by atoms with Gasteiger partial charge in [-0.25, -0.2) is 4.79 Å². The van der Waals surface area contributed by atoms with Crippen LogP contribution in [-0.4, -0.2) is 11.9 Å². The molecule has 0 amide bonds. The molecule has 1 aromatic carbocycles. The molecule has 0 fully saturated rings. The zero-order valence-electron chi connectivity index (χ0n) is 8.69. The molecule has 1 aromatic rings. The first-order valence-electron chi connectivity index (χ1n) is 4.96. The zero-order valence-corrected chi connectivity index (χ0v) is 8.69. The van der Waals surface area contributed by atoms with Gasteiger partial charge in [0.05, 0.1) is 11.5 Å². The average Bonchev–Trinajstić information content (AvgIpc) is 2.17. The van der Waals surface area contributed by atoms with E-state index in [-0.39, 0.29) is 11.8 Å². The Bertz CT molecular complexity index is 421. The van der Waals surface area contributed by atoms with Crippen LogP contribution in [0.3, 0.4) is 0 Å². The van der Waals surface area contributed by atoms with E-state index >= 15 is 0 Å². The maximum absolute atomic E-state index is 11.6. The van der Waals surface area contributed by atoms with Gasteiger partial charge in [-0.15, -0.1) is 0 Å². The van der Waals surface area contributed by atoms with E-state index in [0.29, 0.717) is 5.56 Å². The number of carbonyl (C=O) groups is 2. The number of rotatable bonds is 1. The number of esters is 2. The van der Waals surface area contributed by atoms with Gasteiger partial charge in [0, 0.05) is 0 Å². The van der Waals surface area contributed by atoms with E-state index in [1.807, 2.05) is 26.0 Å². The van der Waals surface area contributed by atoms with E-state index < -0.39 is 11.9 Å². The molecule has 1 heterocycles. The van der Waals surface area contributed by atoms with Crippen LogP contribution in [-0.2, 0) is 9.53 Å². The van der Waals surface area contributed by atoms with Crippen LogP contribution >= 0.6 is 0 Å². The maximum atomic E-state index is 11.6. The maximum Gasteiger partial charge on any atom is 0.346 e. The molecule has 3 nitrogen and oxygen atoms in total. The molecule has 0 saturated heterocycles. The van der Waals surface area contributed by atoms with E-state index in [0.717, 1.165) is 5.56 Å². The molecule has 1 aliphatic rings. The first-order chi connectivity index (χ1) is 7.11. The van der Waals surface area contributed by atoms with Gasteiger partial charge in [-0.05, 0) is 17.5 Å². The van der Waals surface area contributed by atoms with Gasteiger partial charge in [-0.3, -0.25) is 4.79 Å². The van der Waals surface area contributed by atoms with Gasteiger partial charge in [0.15, 0.2) is 0 Å².